The fourth-order valence-corrected chi connectivity index (χ4v) is 2.78. The van der Waals surface area contributed by atoms with Crippen LogP contribution in [-0.4, -0.2) is 27.0 Å². The highest BCUT2D eigenvalue weighted by atomic mass is 32.2. The molecule has 0 unspecified atom stereocenters. The number of fused-ring (bicyclic) bond motifs is 1. The SMILES string of the molecule is CNc1nc(SCc2cccc(F)c2F)nc2[nH]c(=O)cnc12. The molecule has 3 aromatic rings. The highest BCUT2D eigenvalue weighted by Gasteiger charge is 2.12. The zero-order valence-corrected chi connectivity index (χ0v) is 12.7. The Labute approximate surface area is 133 Å². The second-order valence-corrected chi connectivity index (χ2v) is 5.49. The van der Waals surface area contributed by atoms with E-state index in [9.17, 15) is 13.6 Å². The first-order valence-electron chi connectivity index (χ1n) is 6.59. The minimum atomic E-state index is -0.896. The normalized spacial score (nSPS) is 10.9. The summed E-state index contributed by atoms with van der Waals surface area (Å²) in [7, 11) is 1.66. The molecule has 118 valence electrons. The van der Waals surface area contributed by atoms with Crippen LogP contribution in [0.4, 0.5) is 14.6 Å². The van der Waals surface area contributed by atoms with Crippen LogP contribution in [0.15, 0.2) is 34.3 Å². The molecule has 0 saturated carbocycles. The van der Waals surface area contributed by atoms with Gasteiger partial charge in [0.25, 0.3) is 5.56 Å². The molecule has 0 aliphatic rings. The van der Waals surface area contributed by atoms with Crippen molar-refractivity contribution in [2.45, 2.75) is 10.9 Å². The summed E-state index contributed by atoms with van der Waals surface area (Å²) in [5, 5.41) is 3.18. The van der Waals surface area contributed by atoms with Gasteiger partial charge in [-0.2, -0.15) is 0 Å². The molecule has 0 fully saturated rings. The van der Waals surface area contributed by atoms with Crippen molar-refractivity contribution in [1.29, 1.82) is 0 Å². The highest BCUT2D eigenvalue weighted by molar-refractivity contribution is 7.98. The summed E-state index contributed by atoms with van der Waals surface area (Å²) < 4.78 is 26.9. The Kier molecular flexibility index (Phi) is 4.20. The van der Waals surface area contributed by atoms with E-state index in [0.717, 1.165) is 24.0 Å². The van der Waals surface area contributed by atoms with Crippen molar-refractivity contribution in [2.24, 2.45) is 0 Å². The summed E-state index contributed by atoms with van der Waals surface area (Å²) in [5.74, 6) is -1.19. The second kappa shape index (κ2) is 6.29. The summed E-state index contributed by atoms with van der Waals surface area (Å²) in [6, 6.07) is 4.00. The monoisotopic (exact) mass is 335 g/mol. The van der Waals surface area contributed by atoms with Crippen LogP contribution in [0.5, 0.6) is 0 Å². The van der Waals surface area contributed by atoms with Gasteiger partial charge in [0.15, 0.2) is 28.3 Å². The quantitative estimate of drug-likeness (QED) is 0.562. The van der Waals surface area contributed by atoms with Crippen molar-refractivity contribution < 1.29 is 8.78 Å². The fourth-order valence-electron chi connectivity index (χ4n) is 1.96. The average Bonchev–Trinajstić information content (AvgIpc) is 2.55. The molecule has 3 rings (SSSR count). The van der Waals surface area contributed by atoms with Crippen molar-refractivity contribution in [3.05, 3.63) is 51.9 Å². The summed E-state index contributed by atoms with van der Waals surface area (Å²) in [4.78, 5) is 26.4. The van der Waals surface area contributed by atoms with Gasteiger partial charge in [0.1, 0.15) is 5.52 Å². The van der Waals surface area contributed by atoms with Gasteiger partial charge in [-0.15, -0.1) is 0 Å². The van der Waals surface area contributed by atoms with E-state index in [2.05, 4.69) is 25.3 Å². The highest BCUT2D eigenvalue weighted by Crippen LogP contribution is 2.25. The molecular formula is C14H11F2N5OS. The molecule has 0 aliphatic heterocycles. The topological polar surface area (TPSA) is 83.6 Å². The van der Waals surface area contributed by atoms with Crippen LogP contribution >= 0.6 is 11.8 Å². The number of nitrogens with one attached hydrogen (secondary N) is 2. The van der Waals surface area contributed by atoms with Crippen LogP contribution in [0, 0.1) is 11.6 Å². The lowest BCUT2D eigenvalue weighted by molar-refractivity contribution is 0.502. The van der Waals surface area contributed by atoms with Crippen molar-refractivity contribution in [1.82, 2.24) is 19.9 Å². The van der Waals surface area contributed by atoms with Gasteiger partial charge in [0.2, 0.25) is 0 Å². The average molecular weight is 335 g/mol. The van der Waals surface area contributed by atoms with Gasteiger partial charge >= 0.3 is 0 Å². The van der Waals surface area contributed by atoms with E-state index >= 15 is 0 Å². The molecule has 0 spiro atoms. The first-order chi connectivity index (χ1) is 11.1. The third-order valence-corrected chi connectivity index (χ3v) is 3.94. The smallest absolute Gasteiger partial charge is 0.268 e. The van der Waals surface area contributed by atoms with Gasteiger partial charge in [-0.05, 0) is 6.07 Å². The van der Waals surface area contributed by atoms with Gasteiger partial charge in [-0.25, -0.2) is 23.7 Å². The van der Waals surface area contributed by atoms with Gasteiger partial charge in [-0.3, -0.25) is 4.79 Å². The van der Waals surface area contributed by atoms with Gasteiger partial charge < -0.3 is 10.3 Å². The van der Waals surface area contributed by atoms with Crippen molar-refractivity contribution in [3.63, 3.8) is 0 Å². The Hall–Kier alpha value is -2.55. The summed E-state index contributed by atoms with van der Waals surface area (Å²) >= 11 is 1.13. The van der Waals surface area contributed by atoms with E-state index in [1.807, 2.05) is 0 Å². The summed E-state index contributed by atoms with van der Waals surface area (Å²) in [6.45, 7) is 0. The molecular weight excluding hydrogens is 324 g/mol. The number of aromatic amines is 1. The van der Waals surface area contributed by atoms with Gasteiger partial charge in [0, 0.05) is 18.4 Å². The molecule has 0 saturated heterocycles. The number of rotatable bonds is 4. The molecule has 0 bridgehead atoms. The van der Waals surface area contributed by atoms with Crippen LogP contribution < -0.4 is 10.9 Å². The third kappa shape index (κ3) is 3.14. The van der Waals surface area contributed by atoms with Crippen LogP contribution in [-0.2, 0) is 5.75 Å². The fraction of sp³-hybridized carbons (Fsp3) is 0.143. The lowest BCUT2D eigenvalue weighted by atomic mass is 10.2. The van der Waals surface area contributed by atoms with E-state index < -0.39 is 11.6 Å². The molecule has 6 nitrogen and oxygen atoms in total. The molecule has 2 N–H and O–H groups in total. The number of aromatic nitrogens is 4. The second-order valence-electron chi connectivity index (χ2n) is 4.55. The Morgan fingerprint density at radius 3 is 2.91 bits per heavy atom. The molecule has 0 atom stereocenters. The van der Waals surface area contributed by atoms with Crippen molar-refractivity contribution in [2.75, 3.05) is 12.4 Å². The number of hydrogen-bond acceptors (Lipinski definition) is 6. The number of halogens is 2. The molecule has 0 radical (unpaired) electrons. The Morgan fingerprint density at radius 1 is 1.30 bits per heavy atom. The molecule has 2 aromatic heterocycles. The Balaban J connectivity index is 1.94. The Morgan fingerprint density at radius 2 is 2.13 bits per heavy atom. The maximum atomic E-state index is 13.7. The molecule has 0 amide bonds. The lowest BCUT2D eigenvalue weighted by Crippen LogP contribution is -2.09. The predicted octanol–water partition coefficient (Wildman–Crippen LogP) is 2.33. The minimum absolute atomic E-state index is 0.156. The van der Waals surface area contributed by atoms with Crippen LogP contribution in [0.1, 0.15) is 5.56 Å². The van der Waals surface area contributed by atoms with Crippen LogP contribution in [0.2, 0.25) is 0 Å². The number of nitrogens with zero attached hydrogens (tertiary/aromatic N) is 3. The van der Waals surface area contributed by atoms with E-state index in [0.29, 0.717) is 16.5 Å². The van der Waals surface area contributed by atoms with E-state index in [1.54, 1.807) is 7.05 Å². The Bertz CT molecular complexity index is 931. The molecule has 9 heteroatoms. The molecule has 2 heterocycles. The maximum absolute atomic E-state index is 13.7. The summed E-state index contributed by atoms with van der Waals surface area (Å²) in [5.41, 5.74) is 0.530. The van der Waals surface area contributed by atoms with Gasteiger partial charge in [-0.1, -0.05) is 23.9 Å². The van der Waals surface area contributed by atoms with Crippen molar-refractivity contribution >= 4 is 28.7 Å². The van der Waals surface area contributed by atoms with Crippen LogP contribution in [0.3, 0.4) is 0 Å². The molecule has 0 aliphatic carbocycles. The number of H-pyrrole nitrogens is 1. The van der Waals surface area contributed by atoms with E-state index in [1.165, 1.54) is 12.1 Å². The largest absolute Gasteiger partial charge is 0.371 e. The first-order valence-corrected chi connectivity index (χ1v) is 7.57. The maximum Gasteiger partial charge on any atom is 0.268 e. The standard InChI is InChI=1S/C14H11F2N5OS/c1-17-12-11-13(19-9(22)5-18-11)21-14(20-12)23-6-7-3-2-4-8(15)10(7)16/h2-5H,6H2,1H3,(H2,17,19,20,21,22). The number of anilines is 1. The number of benzene rings is 1. The van der Waals surface area contributed by atoms with E-state index in [4.69, 9.17) is 0 Å². The van der Waals surface area contributed by atoms with Crippen LogP contribution in [0.25, 0.3) is 11.2 Å². The number of thioether (sulfide) groups is 1. The number of hydrogen-bond donors (Lipinski definition) is 2. The van der Waals surface area contributed by atoms with E-state index in [-0.39, 0.29) is 22.5 Å². The predicted molar refractivity (Wildman–Crippen MR) is 83.4 cm³/mol. The van der Waals surface area contributed by atoms with Crippen molar-refractivity contribution in [3.8, 4) is 0 Å². The zero-order valence-electron chi connectivity index (χ0n) is 11.9. The molecule has 1 aromatic carbocycles. The zero-order chi connectivity index (χ0) is 16.4. The van der Waals surface area contributed by atoms with Gasteiger partial charge in [0.05, 0.1) is 6.20 Å². The minimum Gasteiger partial charge on any atom is -0.371 e. The molecule has 23 heavy (non-hydrogen) atoms. The first kappa shape index (κ1) is 15.3. The lowest BCUT2D eigenvalue weighted by Gasteiger charge is -2.07. The summed E-state index contributed by atoms with van der Waals surface area (Å²) in [6.07, 6.45) is 1.14. The third-order valence-electron chi connectivity index (χ3n) is 3.04.